The van der Waals surface area contributed by atoms with E-state index in [1.54, 1.807) is 13.8 Å². The average molecular weight is 271 g/mol. The smallest absolute Gasteiger partial charge is 0.401 e. The Morgan fingerprint density at radius 1 is 1.59 bits per heavy atom. The molecule has 1 rings (SSSR count). The second-order valence-electron chi connectivity index (χ2n) is 3.92. The third-order valence-electron chi connectivity index (χ3n) is 2.80. The second-order valence-corrected chi connectivity index (χ2v) is 5.37. The quantitative estimate of drug-likeness (QED) is 0.793. The van der Waals surface area contributed by atoms with Crippen LogP contribution in [0.4, 0.5) is 13.2 Å². The van der Waals surface area contributed by atoms with Crippen LogP contribution >= 0.6 is 11.8 Å². The molecule has 0 amide bonds. The topological polar surface area (TPSA) is 38.3 Å². The molecule has 1 heterocycles. The van der Waals surface area contributed by atoms with Crippen LogP contribution in [0.2, 0.25) is 0 Å². The first-order valence-corrected chi connectivity index (χ1v) is 6.47. The number of hydrogen-bond acceptors (Lipinski definition) is 4. The number of esters is 1. The van der Waals surface area contributed by atoms with Crippen LogP contribution in [0.25, 0.3) is 0 Å². The standard InChI is InChI=1S/C10H16F3NO2S/c1-3-16-8(15)9(4-5-17-7(9)2)14-6-10(11,12)13/h7,14H,3-6H2,1-2H3. The summed E-state index contributed by atoms with van der Waals surface area (Å²) in [5, 5.41) is 2.13. The van der Waals surface area contributed by atoms with Crippen LogP contribution in [-0.2, 0) is 9.53 Å². The summed E-state index contributed by atoms with van der Waals surface area (Å²) in [6, 6.07) is 0. The number of alkyl halides is 3. The van der Waals surface area contributed by atoms with Crippen molar-refractivity contribution in [1.29, 1.82) is 0 Å². The lowest BCUT2D eigenvalue weighted by molar-refractivity contribution is -0.155. The van der Waals surface area contributed by atoms with Crippen LogP contribution in [-0.4, -0.2) is 41.8 Å². The molecule has 1 fully saturated rings. The molecule has 100 valence electrons. The van der Waals surface area contributed by atoms with Gasteiger partial charge in [0, 0.05) is 5.25 Å². The lowest BCUT2D eigenvalue weighted by Crippen LogP contribution is -2.58. The zero-order valence-corrected chi connectivity index (χ0v) is 10.6. The van der Waals surface area contributed by atoms with Gasteiger partial charge in [-0.15, -0.1) is 0 Å². The van der Waals surface area contributed by atoms with Crippen LogP contribution in [0.1, 0.15) is 20.3 Å². The van der Waals surface area contributed by atoms with Gasteiger partial charge in [0.05, 0.1) is 13.2 Å². The normalized spacial score (nSPS) is 29.4. The van der Waals surface area contributed by atoms with Gasteiger partial charge in [0.15, 0.2) is 0 Å². The molecule has 0 saturated carbocycles. The third kappa shape index (κ3) is 3.51. The van der Waals surface area contributed by atoms with Crippen LogP contribution in [0.3, 0.4) is 0 Å². The van der Waals surface area contributed by atoms with Crippen LogP contribution in [0.15, 0.2) is 0 Å². The third-order valence-corrected chi connectivity index (χ3v) is 4.14. The number of halogens is 3. The van der Waals surface area contributed by atoms with Crippen LogP contribution in [0, 0.1) is 0 Å². The van der Waals surface area contributed by atoms with E-state index in [-0.39, 0.29) is 11.9 Å². The molecule has 17 heavy (non-hydrogen) atoms. The highest BCUT2D eigenvalue weighted by Gasteiger charge is 2.50. The van der Waals surface area contributed by atoms with Gasteiger partial charge in [0.25, 0.3) is 0 Å². The first-order valence-electron chi connectivity index (χ1n) is 5.42. The molecule has 1 N–H and O–H groups in total. The summed E-state index contributed by atoms with van der Waals surface area (Å²) >= 11 is 1.48. The van der Waals surface area contributed by atoms with Crippen molar-refractivity contribution in [3.63, 3.8) is 0 Å². The minimum atomic E-state index is -4.33. The molecule has 0 aromatic carbocycles. The largest absolute Gasteiger partial charge is 0.465 e. The van der Waals surface area contributed by atoms with E-state index >= 15 is 0 Å². The van der Waals surface area contributed by atoms with Crippen LogP contribution in [0.5, 0.6) is 0 Å². The molecule has 2 unspecified atom stereocenters. The van der Waals surface area contributed by atoms with E-state index in [0.29, 0.717) is 12.2 Å². The van der Waals surface area contributed by atoms with Gasteiger partial charge in [-0.3, -0.25) is 10.1 Å². The molecule has 1 aliphatic heterocycles. The van der Waals surface area contributed by atoms with Gasteiger partial charge in [-0.05, 0) is 19.1 Å². The van der Waals surface area contributed by atoms with Gasteiger partial charge in [0.1, 0.15) is 5.54 Å². The first-order chi connectivity index (χ1) is 7.82. The lowest BCUT2D eigenvalue weighted by Gasteiger charge is -2.31. The summed E-state index contributed by atoms with van der Waals surface area (Å²) < 4.78 is 41.6. The predicted octanol–water partition coefficient (Wildman–Crippen LogP) is 1.97. The minimum Gasteiger partial charge on any atom is -0.465 e. The van der Waals surface area contributed by atoms with Gasteiger partial charge in [-0.1, -0.05) is 6.92 Å². The lowest BCUT2D eigenvalue weighted by atomic mass is 9.92. The highest BCUT2D eigenvalue weighted by atomic mass is 32.2. The predicted molar refractivity (Wildman–Crippen MR) is 60.0 cm³/mol. The molecule has 0 aliphatic carbocycles. The van der Waals surface area contributed by atoms with Crippen LogP contribution < -0.4 is 5.32 Å². The molecular weight excluding hydrogens is 255 g/mol. The highest BCUT2D eigenvalue weighted by molar-refractivity contribution is 8.00. The van der Waals surface area contributed by atoms with Gasteiger partial charge < -0.3 is 4.74 Å². The van der Waals surface area contributed by atoms with Crippen molar-refractivity contribution in [1.82, 2.24) is 5.32 Å². The molecule has 2 atom stereocenters. The fourth-order valence-electron chi connectivity index (χ4n) is 1.83. The van der Waals surface area contributed by atoms with Crippen molar-refractivity contribution in [3.05, 3.63) is 0 Å². The Labute approximate surface area is 102 Å². The summed E-state index contributed by atoms with van der Waals surface area (Å²) in [5.41, 5.74) is -1.20. The molecule has 3 nitrogen and oxygen atoms in total. The van der Waals surface area contributed by atoms with Crippen molar-refractivity contribution >= 4 is 17.7 Å². The molecule has 0 radical (unpaired) electrons. The fourth-order valence-corrected chi connectivity index (χ4v) is 3.21. The van der Waals surface area contributed by atoms with E-state index in [1.165, 1.54) is 11.8 Å². The summed E-state index contributed by atoms with van der Waals surface area (Å²) in [7, 11) is 0. The summed E-state index contributed by atoms with van der Waals surface area (Å²) in [4.78, 5) is 11.8. The second kappa shape index (κ2) is 5.48. The molecule has 0 bridgehead atoms. The minimum absolute atomic E-state index is 0.172. The maximum atomic E-state index is 12.2. The Balaban J connectivity index is 2.76. The first kappa shape index (κ1) is 14.6. The van der Waals surface area contributed by atoms with Crippen molar-refractivity contribution in [2.75, 3.05) is 18.9 Å². The number of rotatable bonds is 4. The Kier molecular flexibility index (Phi) is 4.71. The van der Waals surface area contributed by atoms with E-state index in [9.17, 15) is 18.0 Å². The van der Waals surface area contributed by atoms with Crippen molar-refractivity contribution < 1.29 is 22.7 Å². The fraction of sp³-hybridized carbons (Fsp3) is 0.900. The zero-order valence-electron chi connectivity index (χ0n) is 9.76. The number of thioether (sulfide) groups is 1. The van der Waals surface area contributed by atoms with E-state index in [2.05, 4.69) is 5.32 Å². The molecule has 0 spiro atoms. The number of carbonyl (C=O) groups excluding carboxylic acids is 1. The van der Waals surface area contributed by atoms with E-state index in [0.717, 1.165) is 0 Å². The van der Waals surface area contributed by atoms with E-state index in [1.807, 2.05) is 0 Å². The van der Waals surface area contributed by atoms with Gasteiger partial charge in [-0.2, -0.15) is 24.9 Å². The Hall–Kier alpha value is -0.430. The molecule has 1 saturated heterocycles. The molecule has 0 aromatic heterocycles. The monoisotopic (exact) mass is 271 g/mol. The number of carbonyl (C=O) groups is 1. The Morgan fingerprint density at radius 3 is 2.65 bits per heavy atom. The summed E-state index contributed by atoms with van der Waals surface area (Å²) in [5.74, 6) is 0.0759. The zero-order chi connectivity index (χ0) is 13.1. The highest BCUT2D eigenvalue weighted by Crippen LogP contribution is 2.37. The number of nitrogens with one attached hydrogen (secondary N) is 1. The maximum Gasteiger partial charge on any atom is 0.401 e. The number of ether oxygens (including phenoxy) is 1. The molecule has 7 heteroatoms. The summed E-state index contributed by atoms with van der Waals surface area (Å²) in [6.07, 6.45) is -3.96. The van der Waals surface area contributed by atoms with E-state index < -0.39 is 24.2 Å². The SMILES string of the molecule is CCOC(=O)C1(NCC(F)(F)F)CCSC1C. The van der Waals surface area contributed by atoms with Gasteiger partial charge in [-0.25, -0.2) is 0 Å². The van der Waals surface area contributed by atoms with Gasteiger partial charge in [0.2, 0.25) is 0 Å². The Morgan fingerprint density at radius 2 is 2.24 bits per heavy atom. The Bertz CT molecular complexity index is 285. The molecule has 1 aliphatic rings. The van der Waals surface area contributed by atoms with Crippen molar-refractivity contribution in [2.45, 2.75) is 37.2 Å². The average Bonchev–Trinajstić information content (AvgIpc) is 2.57. The van der Waals surface area contributed by atoms with E-state index in [4.69, 9.17) is 4.74 Å². The van der Waals surface area contributed by atoms with Crippen molar-refractivity contribution in [3.8, 4) is 0 Å². The molecule has 0 aromatic rings. The maximum absolute atomic E-state index is 12.2. The number of hydrogen-bond donors (Lipinski definition) is 1. The molecular formula is C10H16F3NO2S. The van der Waals surface area contributed by atoms with Gasteiger partial charge >= 0.3 is 12.1 Å². The summed E-state index contributed by atoms with van der Waals surface area (Å²) in [6.45, 7) is 2.39. The van der Waals surface area contributed by atoms with Crippen molar-refractivity contribution in [2.24, 2.45) is 0 Å².